The fourth-order valence-electron chi connectivity index (χ4n) is 3.40. The van der Waals surface area contributed by atoms with Crippen LogP contribution in [-0.2, 0) is 17.6 Å². The second-order valence-corrected chi connectivity index (χ2v) is 6.30. The van der Waals surface area contributed by atoms with Crippen molar-refractivity contribution in [2.75, 3.05) is 13.2 Å². The summed E-state index contributed by atoms with van der Waals surface area (Å²) in [6, 6.07) is 14.3. The van der Waals surface area contributed by atoms with E-state index >= 15 is 0 Å². The number of ether oxygens (including phenoxy) is 1. The zero-order valence-corrected chi connectivity index (χ0v) is 13.7. The number of carboxylic acids is 1. The van der Waals surface area contributed by atoms with Gasteiger partial charge in [-0.1, -0.05) is 30.3 Å². The monoisotopic (exact) mass is 325 g/mol. The molecule has 0 bridgehead atoms. The summed E-state index contributed by atoms with van der Waals surface area (Å²) in [5, 5.41) is 9.27. The lowest BCUT2D eigenvalue weighted by Gasteiger charge is -2.16. The summed E-state index contributed by atoms with van der Waals surface area (Å²) < 4.78 is 5.76. The molecule has 2 aromatic carbocycles. The van der Waals surface area contributed by atoms with Crippen molar-refractivity contribution in [3.8, 4) is 5.75 Å². The van der Waals surface area contributed by atoms with Gasteiger partial charge in [0, 0.05) is 0 Å². The molecule has 1 aliphatic carbocycles. The fraction of sp³-hybridized carbons (Fsp3) is 0.350. The highest BCUT2D eigenvalue weighted by Gasteiger charge is 2.24. The van der Waals surface area contributed by atoms with Gasteiger partial charge in [-0.2, -0.15) is 0 Å². The van der Waals surface area contributed by atoms with Crippen molar-refractivity contribution in [3.63, 3.8) is 0 Å². The molecule has 0 aromatic heterocycles. The lowest BCUT2D eigenvalue weighted by molar-refractivity contribution is -0.137. The first-order chi connectivity index (χ1) is 11.7. The lowest BCUT2D eigenvalue weighted by Crippen LogP contribution is -2.09. The van der Waals surface area contributed by atoms with E-state index in [0.29, 0.717) is 13.2 Å². The molecule has 3 rings (SSSR count). The number of rotatable bonds is 6. The molecule has 1 unspecified atom stereocenters. The topological polar surface area (TPSA) is 72.5 Å². The normalized spacial score (nSPS) is 16.0. The Morgan fingerprint density at radius 1 is 1.17 bits per heavy atom. The minimum atomic E-state index is -0.750. The first-order valence-electron chi connectivity index (χ1n) is 8.41. The fourth-order valence-corrected chi connectivity index (χ4v) is 3.40. The summed E-state index contributed by atoms with van der Waals surface area (Å²) in [6.45, 7) is 1.24. The van der Waals surface area contributed by atoms with Crippen LogP contribution in [0.25, 0.3) is 0 Å². The van der Waals surface area contributed by atoms with Gasteiger partial charge in [-0.05, 0) is 66.1 Å². The molecule has 0 heterocycles. The Morgan fingerprint density at radius 3 is 2.79 bits per heavy atom. The number of nitrogens with two attached hydrogens (primary N) is 1. The van der Waals surface area contributed by atoms with Crippen LogP contribution in [0, 0.1) is 0 Å². The van der Waals surface area contributed by atoms with E-state index in [1.165, 1.54) is 16.7 Å². The summed E-state index contributed by atoms with van der Waals surface area (Å²) in [7, 11) is 0. The van der Waals surface area contributed by atoms with Gasteiger partial charge in [-0.25, -0.2) is 0 Å². The second-order valence-electron chi connectivity index (χ2n) is 6.30. The molecule has 126 valence electrons. The third kappa shape index (κ3) is 3.77. The van der Waals surface area contributed by atoms with Gasteiger partial charge in [0.15, 0.2) is 0 Å². The van der Waals surface area contributed by atoms with Crippen LogP contribution in [0.2, 0.25) is 0 Å². The smallest absolute Gasteiger partial charge is 0.303 e. The summed E-state index contributed by atoms with van der Waals surface area (Å²) >= 11 is 0. The van der Waals surface area contributed by atoms with Crippen molar-refractivity contribution >= 4 is 5.97 Å². The Labute approximate surface area is 142 Å². The van der Waals surface area contributed by atoms with Gasteiger partial charge in [-0.15, -0.1) is 0 Å². The van der Waals surface area contributed by atoms with Crippen molar-refractivity contribution in [2.24, 2.45) is 5.73 Å². The van der Waals surface area contributed by atoms with Crippen LogP contribution in [0.3, 0.4) is 0 Å². The zero-order chi connectivity index (χ0) is 16.9. The Kier molecular flexibility index (Phi) is 5.16. The van der Waals surface area contributed by atoms with Crippen LogP contribution in [0.15, 0.2) is 42.5 Å². The number of benzene rings is 2. The third-order valence-corrected chi connectivity index (χ3v) is 4.56. The second kappa shape index (κ2) is 7.49. The molecule has 0 spiro atoms. The molecule has 0 amide bonds. The summed E-state index contributed by atoms with van der Waals surface area (Å²) in [4.78, 5) is 11.3. The number of fused-ring (bicyclic) bond motifs is 2. The maximum atomic E-state index is 11.3. The highest BCUT2D eigenvalue weighted by molar-refractivity contribution is 5.68. The van der Waals surface area contributed by atoms with E-state index in [2.05, 4.69) is 24.3 Å². The SMILES string of the molecule is NCCCOc1ccc2c(c1)Cc1ccccc1C(CC(=O)O)C2. The van der Waals surface area contributed by atoms with E-state index in [0.717, 1.165) is 30.6 Å². The molecule has 4 nitrogen and oxygen atoms in total. The van der Waals surface area contributed by atoms with Crippen LogP contribution in [0.5, 0.6) is 5.75 Å². The average Bonchev–Trinajstić information content (AvgIpc) is 2.71. The van der Waals surface area contributed by atoms with Gasteiger partial charge in [0.25, 0.3) is 0 Å². The predicted molar refractivity (Wildman–Crippen MR) is 93.6 cm³/mol. The first-order valence-corrected chi connectivity index (χ1v) is 8.41. The zero-order valence-electron chi connectivity index (χ0n) is 13.7. The number of hydrogen-bond donors (Lipinski definition) is 2. The molecular weight excluding hydrogens is 302 g/mol. The number of hydrogen-bond acceptors (Lipinski definition) is 3. The lowest BCUT2D eigenvalue weighted by atomic mass is 9.89. The molecule has 3 N–H and O–H groups in total. The highest BCUT2D eigenvalue weighted by Crippen LogP contribution is 2.35. The van der Waals surface area contributed by atoms with Crippen molar-refractivity contribution in [3.05, 3.63) is 64.7 Å². The first kappa shape index (κ1) is 16.5. The molecule has 0 radical (unpaired) electrons. The predicted octanol–water partition coefficient (Wildman–Crippen LogP) is 3.12. The quantitative estimate of drug-likeness (QED) is 0.800. The standard InChI is InChI=1S/C20H23NO3/c21-8-3-9-24-18-7-6-14-10-17(13-20(22)23)19-5-2-1-4-15(19)11-16(14)12-18/h1-2,4-7,12,17H,3,8-11,13,21H2,(H,22,23). The van der Waals surface area contributed by atoms with Crippen molar-refractivity contribution in [2.45, 2.75) is 31.6 Å². The Hall–Kier alpha value is -2.33. The van der Waals surface area contributed by atoms with Gasteiger partial charge < -0.3 is 15.6 Å². The van der Waals surface area contributed by atoms with Gasteiger partial charge in [0.1, 0.15) is 5.75 Å². The van der Waals surface area contributed by atoms with E-state index in [4.69, 9.17) is 10.5 Å². The molecule has 4 heteroatoms. The molecule has 1 atom stereocenters. The number of carboxylic acid groups (broad SMARTS) is 1. The Morgan fingerprint density at radius 2 is 2.00 bits per heavy atom. The highest BCUT2D eigenvalue weighted by atomic mass is 16.5. The minimum Gasteiger partial charge on any atom is -0.494 e. The van der Waals surface area contributed by atoms with Gasteiger partial charge in [0.2, 0.25) is 0 Å². The molecule has 0 saturated heterocycles. The third-order valence-electron chi connectivity index (χ3n) is 4.56. The largest absolute Gasteiger partial charge is 0.494 e. The Bertz CT molecular complexity index is 727. The van der Waals surface area contributed by atoms with Crippen molar-refractivity contribution in [1.82, 2.24) is 0 Å². The number of carbonyl (C=O) groups is 1. The molecule has 0 aliphatic heterocycles. The molecule has 24 heavy (non-hydrogen) atoms. The van der Waals surface area contributed by atoms with E-state index in [9.17, 15) is 9.90 Å². The van der Waals surface area contributed by atoms with Crippen LogP contribution in [0.4, 0.5) is 0 Å². The molecular formula is C20H23NO3. The van der Waals surface area contributed by atoms with Crippen molar-refractivity contribution < 1.29 is 14.6 Å². The van der Waals surface area contributed by atoms with Gasteiger partial charge in [-0.3, -0.25) is 4.79 Å². The van der Waals surface area contributed by atoms with E-state index in [1.807, 2.05) is 18.2 Å². The number of aliphatic carboxylic acids is 1. The van der Waals surface area contributed by atoms with Gasteiger partial charge in [0.05, 0.1) is 13.0 Å². The summed E-state index contributed by atoms with van der Waals surface area (Å²) in [5.74, 6) is 0.125. The molecule has 0 fully saturated rings. The summed E-state index contributed by atoms with van der Waals surface area (Å²) in [6.07, 6.45) is 2.56. The van der Waals surface area contributed by atoms with E-state index in [-0.39, 0.29) is 12.3 Å². The molecule has 1 aliphatic rings. The maximum Gasteiger partial charge on any atom is 0.303 e. The summed E-state index contributed by atoms with van der Waals surface area (Å²) in [5.41, 5.74) is 10.3. The Balaban J connectivity index is 1.91. The van der Waals surface area contributed by atoms with E-state index < -0.39 is 5.97 Å². The van der Waals surface area contributed by atoms with Crippen LogP contribution >= 0.6 is 0 Å². The molecule has 2 aromatic rings. The molecule has 0 saturated carbocycles. The minimum absolute atomic E-state index is 0.0176. The van der Waals surface area contributed by atoms with Crippen LogP contribution in [-0.4, -0.2) is 24.2 Å². The van der Waals surface area contributed by atoms with E-state index in [1.54, 1.807) is 0 Å². The van der Waals surface area contributed by atoms with Crippen LogP contribution in [0.1, 0.15) is 41.0 Å². The van der Waals surface area contributed by atoms with Crippen LogP contribution < -0.4 is 10.5 Å². The maximum absolute atomic E-state index is 11.3. The van der Waals surface area contributed by atoms with Gasteiger partial charge >= 0.3 is 5.97 Å². The van der Waals surface area contributed by atoms with Crippen molar-refractivity contribution in [1.29, 1.82) is 0 Å². The average molecular weight is 325 g/mol.